The fourth-order valence-corrected chi connectivity index (χ4v) is 3.00. The molecule has 1 heterocycles. The maximum atomic E-state index is 12.4. The quantitative estimate of drug-likeness (QED) is 0.384. The lowest BCUT2D eigenvalue weighted by atomic mass is 10.2. The van der Waals surface area contributed by atoms with Gasteiger partial charge in [0.2, 0.25) is 0 Å². The van der Waals surface area contributed by atoms with Crippen LogP contribution in [-0.4, -0.2) is 33.4 Å². The lowest BCUT2D eigenvalue weighted by Crippen LogP contribution is -2.46. The van der Waals surface area contributed by atoms with Crippen molar-refractivity contribution in [1.82, 2.24) is 25.8 Å². The fourth-order valence-electron chi connectivity index (χ4n) is 3.00. The van der Waals surface area contributed by atoms with Crippen molar-refractivity contribution in [2.75, 3.05) is 6.61 Å². The molecule has 0 saturated carbocycles. The highest BCUT2D eigenvalue weighted by Crippen LogP contribution is 2.18. The largest absolute Gasteiger partial charge is 0.489 e. The average molecular weight is 459 g/mol. The predicted molar refractivity (Wildman–Crippen MR) is 123 cm³/mol. The Kier molecular flexibility index (Phi) is 7.09. The molecule has 0 aliphatic heterocycles. The number of hydrazine groups is 1. The maximum Gasteiger partial charge on any atom is 0.278 e. The summed E-state index contributed by atoms with van der Waals surface area (Å²) < 4.78 is 12.0. The molecule has 4 rings (SSSR count). The van der Waals surface area contributed by atoms with E-state index in [1.165, 1.54) is 0 Å². The fraction of sp³-hybridized carbons (Fsp3) is 0.125. The SMILES string of the molecule is O=C(COc1ccc(OCc2ccccc2)cc1)NNC(=O)Cn1nnc2ccccc2c1=O. The first-order chi connectivity index (χ1) is 16.6. The topological polar surface area (TPSA) is 124 Å². The zero-order valence-electron chi connectivity index (χ0n) is 18.0. The standard InChI is InChI=1S/C24H21N5O5/c30-22(14-29-24(32)20-8-4-5-9-21(20)25-28-29)26-27-23(31)16-34-19-12-10-18(11-13-19)33-15-17-6-2-1-3-7-17/h1-13H,14-16H2,(H,26,30)(H,27,31). The van der Waals surface area contributed by atoms with Gasteiger partial charge in [-0.1, -0.05) is 47.7 Å². The van der Waals surface area contributed by atoms with Crippen LogP contribution in [0.15, 0.2) is 83.7 Å². The zero-order chi connectivity index (χ0) is 23.8. The number of fused-ring (bicyclic) bond motifs is 1. The Bertz CT molecular complexity index is 1340. The van der Waals surface area contributed by atoms with E-state index in [1.807, 2.05) is 30.3 Å². The maximum absolute atomic E-state index is 12.4. The molecule has 4 aromatic rings. The lowest BCUT2D eigenvalue weighted by Gasteiger charge is -2.10. The van der Waals surface area contributed by atoms with E-state index < -0.39 is 23.9 Å². The average Bonchev–Trinajstić information content (AvgIpc) is 2.88. The monoisotopic (exact) mass is 459 g/mol. The summed E-state index contributed by atoms with van der Waals surface area (Å²) >= 11 is 0. The Morgan fingerprint density at radius 3 is 2.21 bits per heavy atom. The molecule has 0 aliphatic carbocycles. The number of ether oxygens (including phenoxy) is 2. The summed E-state index contributed by atoms with van der Waals surface area (Å²) in [5.74, 6) is -0.0823. The summed E-state index contributed by atoms with van der Waals surface area (Å²) in [4.78, 5) is 36.4. The third kappa shape index (κ3) is 5.94. The number of carbonyl (C=O) groups excluding carboxylic acids is 2. The first kappa shape index (κ1) is 22.5. The number of hydrogen-bond acceptors (Lipinski definition) is 7. The number of amides is 2. The Balaban J connectivity index is 1.20. The molecule has 0 aliphatic rings. The molecule has 0 radical (unpaired) electrons. The Labute approximate surface area is 194 Å². The van der Waals surface area contributed by atoms with Crippen LogP contribution in [-0.2, 0) is 22.7 Å². The summed E-state index contributed by atoms with van der Waals surface area (Å²) in [5, 5.41) is 7.98. The summed E-state index contributed by atoms with van der Waals surface area (Å²) in [6.45, 7) is -0.275. The molecule has 3 aromatic carbocycles. The van der Waals surface area contributed by atoms with Gasteiger partial charge in [-0.25, -0.2) is 4.68 Å². The number of rotatable bonds is 8. The van der Waals surface area contributed by atoms with Gasteiger partial charge in [-0.3, -0.25) is 25.2 Å². The Hall–Kier alpha value is -4.73. The molecule has 0 bridgehead atoms. The van der Waals surface area contributed by atoms with Crippen molar-refractivity contribution in [2.45, 2.75) is 13.2 Å². The third-order valence-corrected chi connectivity index (χ3v) is 4.71. The van der Waals surface area contributed by atoms with Crippen molar-refractivity contribution in [3.05, 3.63) is 94.8 Å². The molecule has 10 nitrogen and oxygen atoms in total. The van der Waals surface area contributed by atoms with Crippen molar-refractivity contribution < 1.29 is 19.1 Å². The molecule has 10 heteroatoms. The van der Waals surface area contributed by atoms with Gasteiger partial charge < -0.3 is 9.47 Å². The smallest absolute Gasteiger partial charge is 0.278 e. The highest BCUT2D eigenvalue weighted by atomic mass is 16.5. The van der Waals surface area contributed by atoms with Crippen molar-refractivity contribution in [3.63, 3.8) is 0 Å². The molecule has 0 saturated heterocycles. The normalized spacial score (nSPS) is 10.5. The van der Waals surface area contributed by atoms with E-state index in [9.17, 15) is 14.4 Å². The van der Waals surface area contributed by atoms with Gasteiger partial charge in [-0.15, -0.1) is 5.10 Å². The van der Waals surface area contributed by atoms with Gasteiger partial charge in [0.25, 0.3) is 17.4 Å². The minimum absolute atomic E-state index is 0.319. The van der Waals surface area contributed by atoms with Gasteiger partial charge in [0.15, 0.2) is 6.61 Å². The summed E-state index contributed by atoms with van der Waals surface area (Å²) in [7, 11) is 0. The van der Waals surface area contributed by atoms with Crippen LogP contribution in [0.2, 0.25) is 0 Å². The van der Waals surface area contributed by atoms with E-state index in [-0.39, 0.29) is 6.61 Å². The van der Waals surface area contributed by atoms with Crippen molar-refractivity contribution in [1.29, 1.82) is 0 Å². The number of hydrogen-bond donors (Lipinski definition) is 2. The zero-order valence-corrected chi connectivity index (χ0v) is 18.0. The van der Waals surface area contributed by atoms with Crippen molar-refractivity contribution in [2.24, 2.45) is 0 Å². The van der Waals surface area contributed by atoms with Crippen LogP contribution >= 0.6 is 0 Å². The number of benzene rings is 3. The molecule has 0 spiro atoms. The van der Waals surface area contributed by atoms with Gasteiger partial charge in [0.1, 0.15) is 30.2 Å². The Morgan fingerprint density at radius 1 is 0.794 bits per heavy atom. The van der Waals surface area contributed by atoms with Crippen LogP contribution < -0.4 is 25.9 Å². The van der Waals surface area contributed by atoms with Crippen LogP contribution in [0.5, 0.6) is 11.5 Å². The minimum atomic E-state index is -0.639. The highest BCUT2D eigenvalue weighted by molar-refractivity contribution is 5.83. The second kappa shape index (κ2) is 10.7. The molecule has 0 unspecified atom stereocenters. The second-order valence-corrected chi connectivity index (χ2v) is 7.20. The summed E-state index contributed by atoms with van der Waals surface area (Å²) in [6.07, 6.45) is 0. The van der Waals surface area contributed by atoms with Gasteiger partial charge in [0.05, 0.1) is 5.39 Å². The molecular weight excluding hydrogens is 438 g/mol. The van der Waals surface area contributed by atoms with E-state index in [2.05, 4.69) is 21.2 Å². The molecule has 2 amide bonds. The number of carbonyl (C=O) groups is 2. The van der Waals surface area contributed by atoms with Gasteiger partial charge >= 0.3 is 0 Å². The number of nitrogens with one attached hydrogen (secondary N) is 2. The first-order valence-corrected chi connectivity index (χ1v) is 10.4. The van der Waals surface area contributed by atoms with E-state index in [4.69, 9.17) is 9.47 Å². The van der Waals surface area contributed by atoms with Crippen LogP contribution in [0.4, 0.5) is 0 Å². The van der Waals surface area contributed by atoms with Crippen LogP contribution in [0.1, 0.15) is 5.56 Å². The molecule has 0 atom stereocenters. The predicted octanol–water partition coefficient (Wildman–Crippen LogP) is 1.60. The Morgan fingerprint density at radius 2 is 1.44 bits per heavy atom. The van der Waals surface area contributed by atoms with Crippen molar-refractivity contribution in [3.8, 4) is 11.5 Å². The van der Waals surface area contributed by atoms with E-state index in [0.29, 0.717) is 29.0 Å². The molecular formula is C24H21N5O5. The van der Waals surface area contributed by atoms with Crippen LogP contribution in [0.25, 0.3) is 10.9 Å². The second-order valence-electron chi connectivity index (χ2n) is 7.20. The van der Waals surface area contributed by atoms with E-state index in [0.717, 1.165) is 10.2 Å². The van der Waals surface area contributed by atoms with Gasteiger partial charge in [0, 0.05) is 0 Å². The van der Waals surface area contributed by atoms with E-state index in [1.54, 1.807) is 48.5 Å². The number of aromatic nitrogens is 3. The number of nitrogens with zero attached hydrogens (tertiary/aromatic N) is 3. The molecule has 172 valence electrons. The van der Waals surface area contributed by atoms with Gasteiger partial charge in [-0.2, -0.15) is 0 Å². The van der Waals surface area contributed by atoms with E-state index >= 15 is 0 Å². The molecule has 2 N–H and O–H groups in total. The summed E-state index contributed by atoms with van der Waals surface area (Å²) in [5.41, 5.74) is 5.48. The molecule has 1 aromatic heterocycles. The van der Waals surface area contributed by atoms with Crippen molar-refractivity contribution >= 4 is 22.7 Å². The minimum Gasteiger partial charge on any atom is -0.489 e. The molecule has 34 heavy (non-hydrogen) atoms. The highest BCUT2D eigenvalue weighted by Gasteiger charge is 2.11. The van der Waals surface area contributed by atoms with Crippen LogP contribution in [0.3, 0.4) is 0 Å². The lowest BCUT2D eigenvalue weighted by molar-refractivity contribution is -0.130. The van der Waals surface area contributed by atoms with Gasteiger partial charge in [-0.05, 0) is 42.0 Å². The van der Waals surface area contributed by atoms with Crippen LogP contribution in [0, 0.1) is 0 Å². The first-order valence-electron chi connectivity index (χ1n) is 10.4. The third-order valence-electron chi connectivity index (χ3n) is 4.71. The molecule has 0 fully saturated rings. The summed E-state index contributed by atoms with van der Waals surface area (Å²) in [6, 6.07) is 23.3.